The molecule has 2 aromatic carbocycles. The standard InChI is InChI=1S/C16H15FN4OS/c1-12-5-7-14(8-6-12)21-16(18-19-20-21)23-10-9-22-15-4-2-3-13(17)11-15/h2-8,11H,9-10H2,1H3. The van der Waals surface area contributed by atoms with Crippen molar-refractivity contribution >= 4 is 11.8 Å². The average molecular weight is 330 g/mol. The molecular formula is C16H15FN4OS. The van der Waals surface area contributed by atoms with Crippen LogP contribution in [-0.4, -0.2) is 32.6 Å². The highest BCUT2D eigenvalue weighted by Crippen LogP contribution is 2.19. The van der Waals surface area contributed by atoms with Crippen molar-refractivity contribution in [3.8, 4) is 11.4 Å². The minimum Gasteiger partial charge on any atom is -0.493 e. The normalized spacial score (nSPS) is 10.7. The van der Waals surface area contributed by atoms with E-state index in [-0.39, 0.29) is 5.82 Å². The predicted octanol–water partition coefficient (Wildman–Crippen LogP) is 3.28. The Bertz CT molecular complexity index is 776. The van der Waals surface area contributed by atoms with Crippen molar-refractivity contribution in [3.63, 3.8) is 0 Å². The number of aryl methyl sites for hydroxylation is 1. The predicted molar refractivity (Wildman–Crippen MR) is 86.5 cm³/mol. The van der Waals surface area contributed by atoms with Gasteiger partial charge in [0.15, 0.2) is 0 Å². The minimum atomic E-state index is -0.307. The quantitative estimate of drug-likeness (QED) is 0.513. The van der Waals surface area contributed by atoms with E-state index in [9.17, 15) is 4.39 Å². The van der Waals surface area contributed by atoms with Crippen molar-refractivity contribution in [2.24, 2.45) is 0 Å². The Hall–Kier alpha value is -2.41. The Balaban J connectivity index is 1.57. The van der Waals surface area contributed by atoms with E-state index >= 15 is 0 Å². The third-order valence-electron chi connectivity index (χ3n) is 3.10. The lowest BCUT2D eigenvalue weighted by Crippen LogP contribution is -2.03. The van der Waals surface area contributed by atoms with Gasteiger partial charge in [0.2, 0.25) is 5.16 Å². The molecule has 0 spiro atoms. The van der Waals surface area contributed by atoms with Crippen molar-refractivity contribution in [1.82, 2.24) is 20.2 Å². The van der Waals surface area contributed by atoms with E-state index < -0.39 is 0 Å². The second-order valence-corrected chi connectivity index (χ2v) is 5.93. The molecule has 0 aliphatic carbocycles. The van der Waals surface area contributed by atoms with Crippen molar-refractivity contribution < 1.29 is 9.13 Å². The largest absolute Gasteiger partial charge is 0.493 e. The van der Waals surface area contributed by atoms with Crippen molar-refractivity contribution in [3.05, 3.63) is 59.9 Å². The molecule has 0 unspecified atom stereocenters. The van der Waals surface area contributed by atoms with Crippen LogP contribution in [-0.2, 0) is 0 Å². The molecule has 0 amide bonds. The van der Waals surface area contributed by atoms with E-state index in [0.29, 0.717) is 23.3 Å². The van der Waals surface area contributed by atoms with Crippen molar-refractivity contribution in [2.45, 2.75) is 12.1 Å². The molecular weight excluding hydrogens is 315 g/mol. The zero-order valence-corrected chi connectivity index (χ0v) is 13.3. The summed E-state index contributed by atoms with van der Waals surface area (Å²) in [6.45, 7) is 2.47. The summed E-state index contributed by atoms with van der Waals surface area (Å²) >= 11 is 1.48. The van der Waals surface area contributed by atoms with Gasteiger partial charge in [-0.15, -0.1) is 5.10 Å². The number of benzene rings is 2. The first-order valence-corrected chi connectivity index (χ1v) is 8.07. The first-order valence-electron chi connectivity index (χ1n) is 7.09. The molecule has 1 aromatic heterocycles. The van der Waals surface area contributed by atoms with Crippen LogP contribution in [0.25, 0.3) is 5.69 Å². The smallest absolute Gasteiger partial charge is 0.214 e. The van der Waals surface area contributed by atoms with Gasteiger partial charge >= 0.3 is 0 Å². The van der Waals surface area contributed by atoms with Crippen molar-refractivity contribution in [1.29, 1.82) is 0 Å². The van der Waals surface area contributed by atoms with Crippen LogP contribution < -0.4 is 4.74 Å². The molecule has 0 saturated carbocycles. The maximum atomic E-state index is 13.1. The molecule has 5 nitrogen and oxygen atoms in total. The van der Waals surface area contributed by atoms with E-state index in [2.05, 4.69) is 15.5 Å². The van der Waals surface area contributed by atoms with Gasteiger partial charge in [-0.1, -0.05) is 35.5 Å². The molecule has 0 bridgehead atoms. The van der Waals surface area contributed by atoms with Gasteiger partial charge in [0.1, 0.15) is 11.6 Å². The lowest BCUT2D eigenvalue weighted by atomic mass is 10.2. The number of thioether (sulfide) groups is 1. The maximum absolute atomic E-state index is 13.1. The van der Waals surface area contributed by atoms with Gasteiger partial charge in [-0.05, 0) is 41.6 Å². The van der Waals surface area contributed by atoms with Gasteiger partial charge < -0.3 is 4.74 Å². The summed E-state index contributed by atoms with van der Waals surface area (Å²) in [5.74, 6) is 0.866. The topological polar surface area (TPSA) is 52.8 Å². The van der Waals surface area contributed by atoms with Crippen LogP contribution in [0.15, 0.2) is 53.7 Å². The second-order valence-electron chi connectivity index (χ2n) is 4.86. The summed E-state index contributed by atoms with van der Waals surface area (Å²) in [5, 5.41) is 12.4. The third-order valence-corrected chi connectivity index (χ3v) is 3.98. The summed E-state index contributed by atoms with van der Waals surface area (Å²) in [6.07, 6.45) is 0. The van der Waals surface area contributed by atoms with E-state index in [1.54, 1.807) is 16.8 Å². The fourth-order valence-electron chi connectivity index (χ4n) is 1.97. The van der Waals surface area contributed by atoms with Crippen LogP contribution in [0.3, 0.4) is 0 Å². The molecule has 0 aliphatic rings. The zero-order valence-electron chi connectivity index (χ0n) is 12.5. The minimum absolute atomic E-state index is 0.307. The highest BCUT2D eigenvalue weighted by Gasteiger charge is 2.08. The molecule has 118 valence electrons. The number of aromatic nitrogens is 4. The zero-order chi connectivity index (χ0) is 16.1. The Kier molecular flexibility index (Phi) is 4.87. The van der Waals surface area contributed by atoms with Crippen molar-refractivity contribution in [2.75, 3.05) is 12.4 Å². The van der Waals surface area contributed by atoms with Gasteiger partial charge in [0.25, 0.3) is 0 Å². The third kappa shape index (κ3) is 4.07. The van der Waals surface area contributed by atoms with Gasteiger partial charge in [0, 0.05) is 11.8 Å². The van der Waals surface area contributed by atoms with E-state index in [4.69, 9.17) is 4.74 Å². The molecule has 0 saturated heterocycles. The number of rotatable bonds is 6. The Morgan fingerprint density at radius 2 is 2.00 bits per heavy atom. The lowest BCUT2D eigenvalue weighted by molar-refractivity contribution is 0.342. The van der Waals surface area contributed by atoms with Gasteiger partial charge in [0.05, 0.1) is 12.3 Å². The van der Waals surface area contributed by atoms with Crippen LogP contribution in [0, 0.1) is 12.7 Å². The van der Waals surface area contributed by atoms with Gasteiger partial charge in [-0.25, -0.2) is 4.39 Å². The highest BCUT2D eigenvalue weighted by atomic mass is 32.2. The van der Waals surface area contributed by atoms with Gasteiger partial charge in [-0.3, -0.25) is 0 Å². The van der Waals surface area contributed by atoms with Crippen LogP contribution in [0.2, 0.25) is 0 Å². The second kappa shape index (κ2) is 7.23. The number of ether oxygens (including phenoxy) is 1. The Morgan fingerprint density at radius 1 is 1.17 bits per heavy atom. The molecule has 0 fully saturated rings. The SMILES string of the molecule is Cc1ccc(-n2nnnc2SCCOc2cccc(F)c2)cc1. The molecule has 3 aromatic rings. The molecule has 1 heterocycles. The number of halogens is 1. The summed E-state index contributed by atoms with van der Waals surface area (Å²) < 4.78 is 20.2. The molecule has 7 heteroatoms. The fourth-order valence-corrected chi connectivity index (χ4v) is 2.67. The molecule has 0 atom stereocenters. The Morgan fingerprint density at radius 3 is 2.78 bits per heavy atom. The number of hydrogen-bond acceptors (Lipinski definition) is 5. The number of tetrazole rings is 1. The first-order chi connectivity index (χ1) is 11.2. The summed E-state index contributed by atoms with van der Waals surface area (Å²) in [7, 11) is 0. The molecule has 0 radical (unpaired) electrons. The number of nitrogens with zero attached hydrogens (tertiary/aromatic N) is 4. The molecule has 3 rings (SSSR count). The first kappa shape index (κ1) is 15.5. The molecule has 23 heavy (non-hydrogen) atoms. The number of hydrogen-bond donors (Lipinski definition) is 0. The summed E-state index contributed by atoms with van der Waals surface area (Å²) in [5.41, 5.74) is 2.09. The van der Waals surface area contributed by atoms with Crippen LogP contribution in [0.4, 0.5) is 4.39 Å². The monoisotopic (exact) mass is 330 g/mol. The Labute approximate surface area is 137 Å². The van der Waals surface area contributed by atoms with E-state index in [1.807, 2.05) is 31.2 Å². The van der Waals surface area contributed by atoms with Gasteiger partial charge in [-0.2, -0.15) is 4.68 Å². The summed E-state index contributed by atoms with van der Waals surface area (Å²) in [4.78, 5) is 0. The van der Waals surface area contributed by atoms with Crippen LogP contribution in [0.1, 0.15) is 5.56 Å². The summed E-state index contributed by atoms with van der Waals surface area (Å²) in [6, 6.07) is 14.1. The highest BCUT2D eigenvalue weighted by molar-refractivity contribution is 7.99. The fraction of sp³-hybridized carbons (Fsp3) is 0.188. The van der Waals surface area contributed by atoms with Crippen LogP contribution in [0.5, 0.6) is 5.75 Å². The average Bonchev–Trinajstić information content (AvgIpc) is 3.01. The van der Waals surface area contributed by atoms with Crippen LogP contribution >= 0.6 is 11.8 Å². The van der Waals surface area contributed by atoms with E-state index in [0.717, 1.165) is 5.69 Å². The lowest BCUT2D eigenvalue weighted by Gasteiger charge is -2.06. The molecule has 0 aliphatic heterocycles. The maximum Gasteiger partial charge on any atom is 0.214 e. The molecule has 0 N–H and O–H groups in total. The van der Waals surface area contributed by atoms with E-state index in [1.165, 1.54) is 29.5 Å².